The van der Waals surface area contributed by atoms with Crippen LogP contribution >= 0.6 is 12.2 Å². The van der Waals surface area contributed by atoms with Gasteiger partial charge in [0.25, 0.3) is 0 Å². The molecule has 0 amide bonds. The molecule has 0 unspecified atom stereocenters. The van der Waals surface area contributed by atoms with Gasteiger partial charge in [-0.3, -0.25) is 0 Å². The van der Waals surface area contributed by atoms with Crippen LogP contribution in [-0.4, -0.2) is 26.4 Å². The van der Waals surface area contributed by atoms with Crippen molar-refractivity contribution in [2.24, 2.45) is 0 Å². The van der Waals surface area contributed by atoms with Gasteiger partial charge in [-0.05, 0) is 48.5 Å². The summed E-state index contributed by atoms with van der Waals surface area (Å²) in [6.07, 6.45) is 0. The van der Waals surface area contributed by atoms with Crippen molar-refractivity contribution in [1.82, 2.24) is 5.32 Å². The lowest BCUT2D eigenvalue weighted by Gasteiger charge is -2.15. The highest BCUT2D eigenvalue weighted by atomic mass is 32.1. The molecule has 0 spiro atoms. The molecule has 0 saturated heterocycles. The summed E-state index contributed by atoms with van der Waals surface area (Å²) in [5.41, 5.74) is 3.00. The third kappa shape index (κ3) is 4.52. The summed E-state index contributed by atoms with van der Waals surface area (Å²) in [5, 5.41) is 6.92. The minimum Gasteiger partial charge on any atom is -0.497 e. The van der Waals surface area contributed by atoms with Crippen molar-refractivity contribution in [2.45, 2.75) is 13.5 Å². The third-order valence-electron chi connectivity index (χ3n) is 3.59. The van der Waals surface area contributed by atoms with Gasteiger partial charge in [0.05, 0.1) is 21.3 Å². The number of anilines is 1. The highest BCUT2D eigenvalue weighted by Gasteiger charge is 2.09. The molecule has 0 saturated carbocycles. The van der Waals surface area contributed by atoms with Crippen molar-refractivity contribution >= 4 is 23.0 Å². The standard InChI is InChI=1S/C18H22N2O3S/c1-12-9-16(22-3)17(23-4)10-15(12)20-18(24)19-11-13-5-7-14(21-2)8-6-13/h5-10H,11H2,1-4H3,(H2,19,20,24). The number of ether oxygens (including phenoxy) is 3. The summed E-state index contributed by atoms with van der Waals surface area (Å²) < 4.78 is 15.8. The van der Waals surface area contributed by atoms with Crippen LogP contribution in [0, 0.1) is 6.92 Å². The molecule has 0 fully saturated rings. The Morgan fingerprint density at radius 3 is 2.17 bits per heavy atom. The molecule has 0 aliphatic heterocycles. The highest BCUT2D eigenvalue weighted by molar-refractivity contribution is 7.80. The topological polar surface area (TPSA) is 51.8 Å². The van der Waals surface area contributed by atoms with E-state index in [1.807, 2.05) is 43.3 Å². The van der Waals surface area contributed by atoms with E-state index >= 15 is 0 Å². The molecular weight excluding hydrogens is 324 g/mol. The van der Waals surface area contributed by atoms with E-state index in [2.05, 4.69) is 10.6 Å². The molecule has 0 aromatic heterocycles. The summed E-state index contributed by atoms with van der Waals surface area (Å²) in [7, 11) is 4.88. The fourth-order valence-electron chi connectivity index (χ4n) is 2.21. The first-order valence-corrected chi connectivity index (χ1v) is 7.88. The van der Waals surface area contributed by atoms with E-state index in [1.165, 1.54) is 0 Å². The zero-order valence-corrected chi connectivity index (χ0v) is 15.1. The quantitative estimate of drug-likeness (QED) is 0.781. The van der Waals surface area contributed by atoms with Crippen LogP contribution in [0.15, 0.2) is 36.4 Å². The number of nitrogens with one attached hydrogen (secondary N) is 2. The predicted octanol–water partition coefficient (Wildman–Crippen LogP) is 3.51. The van der Waals surface area contributed by atoms with Crippen LogP contribution in [0.1, 0.15) is 11.1 Å². The maximum Gasteiger partial charge on any atom is 0.171 e. The van der Waals surface area contributed by atoms with Gasteiger partial charge >= 0.3 is 0 Å². The minimum atomic E-state index is 0.543. The first-order chi connectivity index (χ1) is 11.6. The molecule has 2 rings (SSSR count). The molecule has 0 bridgehead atoms. The minimum absolute atomic E-state index is 0.543. The van der Waals surface area contributed by atoms with Crippen molar-refractivity contribution in [3.05, 3.63) is 47.5 Å². The average Bonchev–Trinajstić information content (AvgIpc) is 2.61. The molecule has 128 valence electrons. The van der Waals surface area contributed by atoms with Crippen LogP contribution in [0.4, 0.5) is 5.69 Å². The largest absolute Gasteiger partial charge is 0.497 e. The molecule has 0 heterocycles. The van der Waals surface area contributed by atoms with E-state index in [0.717, 1.165) is 22.6 Å². The average molecular weight is 346 g/mol. The summed E-state index contributed by atoms with van der Waals surface area (Å²) in [6.45, 7) is 2.61. The predicted molar refractivity (Wildman–Crippen MR) is 100 cm³/mol. The van der Waals surface area contributed by atoms with Gasteiger partial charge in [0, 0.05) is 18.3 Å². The highest BCUT2D eigenvalue weighted by Crippen LogP contribution is 2.32. The number of hydrogen-bond acceptors (Lipinski definition) is 4. The van der Waals surface area contributed by atoms with Gasteiger partial charge in [-0.1, -0.05) is 12.1 Å². The van der Waals surface area contributed by atoms with Crippen molar-refractivity contribution < 1.29 is 14.2 Å². The Labute approximate surface area is 147 Å². The van der Waals surface area contributed by atoms with Crippen molar-refractivity contribution in [2.75, 3.05) is 26.6 Å². The fourth-order valence-corrected chi connectivity index (χ4v) is 2.39. The van der Waals surface area contributed by atoms with Gasteiger partial charge in [-0.15, -0.1) is 0 Å². The van der Waals surface area contributed by atoms with Gasteiger partial charge in [0.2, 0.25) is 0 Å². The van der Waals surface area contributed by atoms with Crippen LogP contribution in [0.3, 0.4) is 0 Å². The first-order valence-electron chi connectivity index (χ1n) is 7.47. The van der Waals surface area contributed by atoms with E-state index < -0.39 is 0 Å². The monoisotopic (exact) mass is 346 g/mol. The van der Waals surface area contributed by atoms with Crippen LogP contribution in [0.2, 0.25) is 0 Å². The van der Waals surface area contributed by atoms with Gasteiger partial charge < -0.3 is 24.8 Å². The molecule has 2 aromatic rings. The molecule has 0 radical (unpaired) electrons. The lowest BCUT2D eigenvalue weighted by molar-refractivity contribution is 0.355. The van der Waals surface area contributed by atoms with Crippen LogP contribution in [-0.2, 0) is 6.54 Å². The van der Waals surface area contributed by atoms with E-state index in [9.17, 15) is 0 Å². The van der Waals surface area contributed by atoms with E-state index in [4.69, 9.17) is 26.4 Å². The number of benzene rings is 2. The summed E-state index contributed by atoms with van der Waals surface area (Å²) >= 11 is 5.37. The van der Waals surface area contributed by atoms with Crippen LogP contribution in [0.5, 0.6) is 17.2 Å². The Hall–Kier alpha value is -2.47. The molecular formula is C18H22N2O3S. The molecule has 2 N–H and O–H groups in total. The number of thiocarbonyl (C=S) groups is 1. The number of hydrogen-bond donors (Lipinski definition) is 2. The first kappa shape index (κ1) is 17.9. The zero-order valence-electron chi connectivity index (χ0n) is 14.3. The second-order valence-electron chi connectivity index (χ2n) is 5.18. The Balaban J connectivity index is 1.98. The molecule has 0 atom stereocenters. The Kier molecular flexibility index (Phi) is 6.26. The maximum absolute atomic E-state index is 5.37. The Morgan fingerprint density at radius 2 is 1.58 bits per heavy atom. The van der Waals surface area contributed by atoms with Crippen LogP contribution in [0.25, 0.3) is 0 Å². The molecule has 5 nitrogen and oxygen atoms in total. The van der Waals surface area contributed by atoms with Gasteiger partial charge in [-0.25, -0.2) is 0 Å². The fraction of sp³-hybridized carbons (Fsp3) is 0.278. The number of aryl methyl sites for hydroxylation is 1. The lowest BCUT2D eigenvalue weighted by Crippen LogP contribution is -2.28. The lowest BCUT2D eigenvalue weighted by atomic mass is 10.1. The Morgan fingerprint density at radius 1 is 0.958 bits per heavy atom. The normalized spacial score (nSPS) is 10.0. The molecule has 24 heavy (non-hydrogen) atoms. The third-order valence-corrected chi connectivity index (χ3v) is 3.84. The van der Waals surface area contributed by atoms with Gasteiger partial charge in [0.15, 0.2) is 16.6 Å². The van der Waals surface area contributed by atoms with E-state index in [1.54, 1.807) is 21.3 Å². The maximum atomic E-state index is 5.37. The Bertz CT molecular complexity index is 702. The van der Waals surface area contributed by atoms with Gasteiger partial charge in [-0.2, -0.15) is 0 Å². The molecule has 0 aliphatic rings. The van der Waals surface area contributed by atoms with Crippen LogP contribution < -0.4 is 24.8 Å². The van der Waals surface area contributed by atoms with E-state index in [-0.39, 0.29) is 0 Å². The second kappa shape index (κ2) is 8.40. The van der Waals surface area contributed by atoms with Crippen molar-refractivity contribution in [3.63, 3.8) is 0 Å². The zero-order chi connectivity index (χ0) is 17.5. The van der Waals surface area contributed by atoms with E-state index in [0.29, 0.717) is 23.2 Å². The SMILES string of the molecule is COc1ccc(CNC(=S)Nc2cc(OC)c(OC)cc2C)cc1. The molecule has 0 aliphatic carbocycles. The summed E-state index contributed by atoms with van der Waals surface area (Å²) in [5.74, 6) is 2.18. The molecule has 6 heteroatoms. The summed E-state index contributed by atoms with van der Waals surface area (Å²) in [4.78, 5) is 0. The molecule has 2 aromatic carbocycles. The second-order valence-corrected chi connectivity index (χ2v) is 5.59. The van der Waals surface area contributed by atoms with Crippen molar-refractivity contribution in [1.29, 1.82) is 0 Å². The van der Waals surface area contributed by atoms with Crippen molar-refractivity contribution in [3.8, 4) is 17.2 Å². The number of methoxy groups -OCH3 is 3. The summed E-state index contributed by atoms with van der Waals surface area (Å²) in [6, 6.07) is 11.6. The number of rotatable bonds is 6. The van der Waals surface area contributed by atoms with Gasteiger partial charge in [0.1, 0.15) is 5.75 Å². The smallest absolute Gasteiger partial charge is 0.171 e.